The Kier molecular flexibility index (Phi) is 6.02. The predicted molar refractivity (Wildman–Crippen MR) is 122 cm³/mol. The Labute approximate surface area is 183 Å². The van der Waals surface area contributed by atoms with Gasteiger partial charge < -0.3 is 14.4 Å². The highest BCUT2D eigenvalue weighted by Crippen LogP contribution is 2.30. The maximum absolute atomic E-state index is 6.10. The smallest absolute Gasteiger partial charge is 0.137 e. The number of ether oxygens (including phenoxy) is 2. The molecule has 3 aromatic rings. The number of nitrogens with zero attached hydrogens (tertiary/aromatic N) is 2. The lowest BCUT2D eigenvalue weighted by Crippen LogP contribution is -2.41. The summed E-state index contributed by atoms with van der Waals surface area (Å²) >= 11 is 0. The number of pyridine rings is 1. The zero-order valence-electron chi connectivity index (χ0n) is 18.0. The van der Waals surface area contributed by atoms with E-state index in [1.807, 2.05) is 18.2 Å². The lowest BCUT2D eigenvalue weighted by atomic mass is 9.92. The number of aromatic nitrogens is 1. The molecule has 3 heterocycles. The number of piperidine rings is 1. The van der Waals surface area contributed by atoms with Gasteiger partial charge in [-0.1, -0.05) is 18.2 Å². The number of likely N-dealkylation sites (tertiary alicyclic amines) is 1. The number of hydrazine groups is 1. The van der Waals surface area contributed by atoms with Crippen LogP contribution in [-0.4, -0.2) is 49.3 Å². The van der Waals surface area contributed by atoms with Crippen LogP contribution in [0.2, 0.25) is 0 Å². The van der Waals surface area contributed by atoms with Crippen molar-refractivity contribution in [3.05, 3.63) is 66.5 Å². The molecule has 2 aliphatic rings. The average molecular weight is 419 g/mol. The molecule has 162 valence electrons. The van der Waals surface area contributed by atoms with Crippen molar-refractivity contribution in [1.29, 1.82) is 0 Å². The van der Waals surface area contributed by atoms with E-state index in [0.29, 0.717) is 12.0 Å². The fourth-order valence-corrected chi connectivity index (χ4v) is 4.77. The molecule has 0 spiro atoms. The van der Waals surface area contributed by atoms with E-state index < -0.39 is 0 Å². The Morgan fingerprint density at radius 2 is 1.87 bits per heavy atom. The standard InChI is InChI=1S/C25H30N4O2/c1-30-23-7-6-18-13-20(5-4-19(18)14-23)25-21(15-27-28-25)17-29-11-8-22(9-12-29)31-24-3-2-10-26-16-24/h2-7,10,13-14,16,21-22,25,27-28H,8-9,11-12,15,17H2,1H3. The van der Waals surface area contributed by atoms with E-state index in [9.17, 15) is 0 Å². The van der Waals surface area contributed by atoms with Gasteiger partial charge in [0.05, 0.1) is 19.3 Å². The minimum atomic E-state index is 0.286. The van der Waals surface area contributed by atoms with Gasteiger partial charge in [-0.2, -0.15) is 0 Å². The first-order chi connectivity index (χ1) is 15.3. The summed E-state index contributed by atoms with van der Waals surface area (Å²) in [5, 5.41) is 2.46. The zero-order chi connectivity index (χ0) is 21.0. The largest absolute Gasteiger partial charge is 0.497 e. The summed E-state index contributed by atoms with van der Waals surface area (Å²) in [6.07, 6.45) is 5.98. The molecule has 0 radical (unpaired) electrons. The topological polar surface area (TPSA) is 58.7 Å². The van der Waals surface area contributed by atoms with Crippen LogP contribution in [0.15, 0.2) is 60.9 Å². The van der Waals surface area contributed by atoms with Gasteiger partial charge in [0, 0.05) is 38.3 Å². The normalized spacial score (nSPS) is 22.6. The van der Waals surface area contributed by atoms with Gasteiger partial charge in [0.25, 0.3) is 0 Å². The van der Waals surface area contributed by atoms with Crippen molar-refractivity contribution in [1.82, 2.24) is 20.7 Å². The summed E-state index contributed by atoms with van der Waals surface area (Å²) in [6.45, 7) is 4.22. The molecular weight excluding hydrogens is 388 g/mol. The molecule has 6 heteroatoms. The Hall–Kier alpha value is -2.67. The molecule has 0 saturated carbocycles. The maximum Gasteiger partial charge on any atom is 0.137 e. The average Bonchev–Trinajstić information content (AvgIpc) is 3.28. The Balaban J connectivity index is 1.20. The highest BCUT2D eigenvalue weighted by atomic mass is 16.5. The molecule has 1 aromatic heterocycles. The van der Waals surface area contributed by atoms with Crippen molar-refractivity contribution in [2.24, 2.45) is 5.92 Å². The van der Waals surface area contributed by atoms with Gasteiger partial charge in [-0.25, -0.2) is 5.43 Å². The van der Waals surface area contributed by atoms with Crippen LogP contribution in [0.5, 0.6) is 11.5 Å². The summed E-state index contributed by atoms with van der Waals surface area (Å²) in [5.74, 6) is 2.31. The van der Waals surface area contributed by atoms with Crippen molar-refractivity contribution >= 4 is 10.8 Å². The number of hydrogen-bond acceptors (Lipinski definition) is 6. The SMILES string of the molecule is COc1ccc2cc(C3NNCC3CN3CCC(Oc4cccnc4)CC3)ccc2c1. The van der Waals surface area contributed by atoms with E-state index in [-0.39, 0.29) is 6.10 Å². The summed E-state index contributed by atoms with van der Waals surface area (Å²) in [4.78, 5) is 6.73. The van der Waals surface area contributed by atoms with Crippen LogP contribution in [0.4, 0.5) is 0 Å². The lowest BCUT2D eigenvalue weighted by Gasteiger charge is -2.34. The number of fused-ring (bicyclic) bond motifs is 1. The molecule has 2 fully saturated rings. The van der Waals surface area contributed by atoms with Crippen molar-refractivity contribution in [2.45, 2.75) is 25.0 Å². The van der Waals surface area contributed by atoms with E-state index in [1.54, 1.807) is 19.5 Å². The Bertz CT molecular complexity index is 1000. The van der Waals surface area contributed by atoms with Crippen LogP contribution >= 0.6 is 0 Å². The fraction of sp³-hybridized carbons (Fsp3) is 0.400. The highest BCUT2D eigenvalue weighted by molar-refractivity contribution is 5.84. The van der Waals surface area contributed by atoms with Crippen molar-refractivity contribution in [2.75, 3.05) is 33.3 Å². The van der Waals surface area contributed by atoms with Crippen LogP contribution in [0.3, 0.4) is 0 Å². The van der Waals surface area contributed by atoms with Gasteiger partial charge in [-0.3, -0.25) is 10.4 Å². The molecule has 2 atom stereocenters. The number of nitrogens with one attached hydrogen (secondary N) is 2. The second-order valence-electron chi connectivity index (χ2n) is 8.54. The summed E-state index contributed by atoms with van der Waals surface area (Å²) in [7, 11) is 1.71. The molecule has 6 nitrogen and oxygen atoms in total. The highest BCUT2D eigenvalue weighted by Gasteiger charge is 2.31. The van der Waals surface area contributed by atoms with Gasteiger partial charge >= 0.3 is 0 Å². The van der Waals surface area contributed by atoms with Crippen LogP contribution in [0.1, 0.15) is 24.4 Å². The van der Waals surface area contributed by atoms with E-state index in [1.165, 1.54) is 16.3 Å². The molecule has 2 aromatic carbocycles. The lowest BCUT2D eigenvalue weighted by molar-refractivity contribution is 0.0905. The summed E-state index contributed by atoms with van der Waals surface area (Å²) in [6, 6.07) is 17.2. The van der Waals surface area contributed by atoms with Crippen LogP contribution in [0, 0.1) is 5.92 Å². The molecule has 2 N–H and O–H groups in total. The number of benzene rings is 2. The third-order valence-electron chi connectivity index (χ3n) is 6.49. The molecule has 2 unspecified atom stereocenters. The van der Waals surface area contributed by atoms with Gasteiger partial charge in [0.1, 0.15) is 17.6 Å². The minimum Gasteiger partial charge on any atom is -0.497 e. The molecule has 0 bridgehead atoms. The molecule has 5 rings (SSSR count). The molecule has 31 heavy (non-hydrogen) atoms. The van der Waals surface area contributed by atoms with Gasteiger partial charge in [0.2, 0.25) is 0 Å². The first-order valence-corrected chi connectivity index (χ1v) is 11.1. The first kappa shape index (κ1) is 20.2. The monoisotopic (exact) mass is 418 g/mol. The van der Waals surface area contributed by atoms with Gasteiger partial charge in [-0.05, 0) is 59.5 Å². The molecule has 0 aliphatic carbocycles. The Morgan fingerprint density at radius 1 is 1.03 bits per heavy atom. The van der Waals surface area contributed by atoms with Gasteiger partial charge in [0.15, 0.2) is 0 Å². The first-order valence-electron chi connectivity index (χ1n) is 11.1. The second kappa shape index (κ2) is 9.22. The predicted octanol–water partition coefficient (Wildman–Crippen LogP) is 3.55. The quantitative estimate of drug-likeness (QED) is 0.639. The molecule has 0 amide bonds. The van der Waals surface area contributed by atoms with E-state index in [4.69, 9.17) is 9.47 Å². The minimum absolute atomic E-state index is 0.286. The summed E-state index contributed by atoms with van der Waals surface area (Å²) in [5.41, 5.74) is 8.23. The van der Waals surface area contributed by atoms with Crippen molar-refractivity contribution < 1.29 is 9.47 Å². The Morgan fingerprint density at radius 3 is 2.68 bits per heavy atom. The van der Waals surface area contributed by atoms with E-state index in [0.717, 1.165) is 50.5 Å². The third kappa shape index (κ3) is 4.66. The van der Waals surface area contributed by atoms with Crippen LogP contribution in [-0.2, 0) is 0 Å². The molecule has 2 saturated heterocycles. The molecule has 2 aliphatic heterocycles. The van der Waals surface area contributed by atoms with Crippen LogP contribution in [0.25, 0.3) is 10.8 Å². The summed E-state index contributed by atoms with van der Waals surface area (Å²) < 4.78 is 11.5. The zero-order valence-corrected chi connectivity index (χ0v) is 18.0. The fourth-order valence-electron chi connectivity index (χ4n) is 4.77. The maximum atomic E-state index is 6.10. The van der Waals surface area contributed by atoms with Crippen molar-refractivity contribution in [3.8, 4) is 11.5 Å². The van der Waals surface area contributed by atoms with Crippen molar-refractivity contribution in [3.63, 3.8) is 0 Å². The number of hydrogen-bond donors (Lipinski definition) is 2. The van der Waals surface area contributed by atoms with Crippen LogP contribution < -0.4 is 20.3 Å². The van der Waals surface area contributed by atoms with E-state index >= 15 is 0 Å². The second-order valence-corrected chi connectivity index (χ2v) is 8.54. The van der Waals surface area contributed by atoms with E-state index in [2.05, 4.69) is 51.1 Å². The number of methoxy groups -OCH3 is 1. The molecular formula is C25H30N4O2. The number of rotatable bonds is 6. The third-order valence-corrected chi connectivity index (χ3v) is 6.49. The van der Waals surface area contributed by atoms with Gasteiger partial charge in [-0.15, -0.1) is 0 Å².